The highest BCUT2D eigenvalue weighted by atomic mass is 16.5. The van der Waals surface area contributed by atoms with Gasteiger partial charge in [-0.2, -0.15) is 0 Å². The summed E-state index contributed by atoms with van der Waals surface area (Å²) in [4.78, 5) is 49.3. The zero-order valence-electron chi connectivity index (χ0n) is 19.8. The highest BCUT2D eigenvalue weighted by molar-refractivity contribution is 6.39. The topological polar surface area (TPSA) is 111 Å². The highest BCUT2D eigenvalue weighted by Gasteiger charge is 2.23. The van der Waals surface area contributed by atoms with Crippen LogP contribution >= 0.6 is 0 Å². The third-order valence-corrected chi connectivity index (χ3v) is 5.53. The van der Waals surface area contributed by atoms with Crippen molar-refractivity contribution in [1.82, 2.24) is 0 Å². The molecule has 0 fully saturated rings. The van der Waals surface area contributed by atoms with E-state index in [-0.39, 0.29) is 13.2 Å². The van der Waals surface area contributed by atoms with E-state index in [1.807, 2.05) is 60.7 Å². The van der Waals surface area contributed by atoms with Crippen molar-refractivity contribution in [2.24, 2.45) is 0 Å². The van der Waals surface area contributed by atoms with Crippen molar-refractivity contribution in [3.63, 3.8) is 0 Å². The van der Waals surface area contributed by atoms with Crippen LogP contribution in [-0.2, 0) is 28.7 Å². The second-order valence-corrected chi connectivity index (χ2v) is 7.77. The van der Waals surface area contributed by atoms with Crippen molar-refractivity contribution in [3.8, 4) is 11.1 Å². The Labute approximate surface area is 207 Å². The first-order chi connectivity index (χ1) is 17.4. The van der Waals surface area contributed by atoms with Crippen molar-refractivity contribution in [3.05, 3.63) is 72.8 Å². The molecule has 4 aromatic rings. The quantitative estimate of drug-likeness (QED) is 0.315. The van der Waals surface area contributed by atoms with E-state index in [2.05, 4.69) is 10.6 Å². The number of benzene rings is 4. The van der Waals surface area contributed by atoms with Crippen molar-refractivity contribution >= 4 is 56.7 Å². The molecule has 2 amide bonds. The van der Waals surface area contributed by atoms with Crippen molar-refractivity contribution in [2.75, 3.05) is 23.8 Å². The second kappa shape index (κ2) is 10.7. The molecule has 0 aliphatic carbocycles. The fourth-order valence-corrected chi connectivity index (χ4v) is 4.03. The summed E-state index contributed by atoms with van der Waals surface area (Å²) in [6, 6.07) is 22.1. The van der Waals surface area contributed by atoms with Gasteiger partial charge in [0.25, 0.3) is 0 Å². The summed E-state index contributed by atoms with van der Waals surface area (Å²) in [5.41, 5.74) is 1.83. The molecule has 0 unspecified atom stereocenters. The minimum atomic E-state index is -1.01. The first-order valence-corrected chi connectivity index (χ1v) is 11.4. The lowest BCUT2D eigenvalue weighted by Gasteiger charge is -2.19. The number of ether oxygens (including phenoxy) is 2. The molecule has 0 radical (unpaired) electrons. The van der Waals surface area contributed by atoms with E-state index in [1.54, 1.807) is 26.0 Å². The normalized spacial score (nSPS) is 10.6. The Morgan fingerprint density at radius 1 is 0.583 bits per heavy atom. The molecule has 0 saturated carbocycles. The molecule has 0 saturated heterocycles. The molecule has 2 N–H and O–H groups in total. The fourth-order valence-electron chi connectivity index (χ4n) is 4.03. The fraction of sp³-hybridized carbons (Fsp3) is 0.143. The zero-order chi connectivity index (χ0) is 25.7. The van der Waals surface area contributed by atoms with Crippen molar-refractivity contribution < 1.29 is 28.7 Å². The molecule has 0 atom stereocenters. The van der Waals surface area contributed by atoms with Crippen molar-refractivity contribution in [1.29, 1.82) is 0 Å². The van der Waals surface area contributed by atoms with Crippen LogP contribution in [0.2, 0.25) is 0 Å². The summed E-state index contributed by atoms with van der Waals surface area (Å²) in [5, 5.41) is 8.59. The average molecular weight is 485 g/mol. The van der Waals surface area contributed by atoms with E-state index >= 15 is 0 Å². The summed E-state index contributed by atoms with van der Waals surface area (Å²) in [6.45, 7) is 3.34. The molecule has 36 heavy (non-hydrogen) atoms. The van der Waals surface area contributed by atoms with E-state index in [0.717, 1.165) is 21.5 Å². The minimum Gasteiger partial charge on any atom is -0.459 e. The number of hydrogen-bond acceptors (Lipinski definition) is 6. The Balaban J connectivity index is 1.98. The van der Waals surface area contributed by atoms with Crippen LogP contribution in [0.25, 0.3) is 32.7 Å². The molecule has 0 aromatic heterocycles. The van der Waals surface area contributed by atoms with E-state index in [4.69, 9.17) is 9.47 Å². The number of esters is 2. The Hall–Kier alpha value is -4.72. The molecule has 4 rings (SSSR count). The number of carbonyl (C=O) groups excluding carboxylic acids is 4. The molecule has 0 aliphatic rings. The molecule has 0 heterocycles. The van der Waals surface area contributed by atoms with Gasteiger partial charge in [0.05, 0.1) is 13.2 Å². The predicted molar refractivity (Wildman–Crippen MR) is 137 cm³/mol. The maximum absolute atomic E-state index is 12.6. The van der Waals surface area contributed by atoms with Gasteiger partial charge in [-0.05, 0) is 47.5 Å². The molecule has 4 aromatic carbocycles. The van der Waals surface area contributed by atoms with Gasteiger partial charge in [-0.1, -0.05) is 60.7 Å². The summed E-state index contributed by atoms with van der Waals surface area (Å²) in [6.07, 6.45) is 0. The van der Waals surface area contributed by atoms with E-state index in [9.17, 15) is 19.2 Å². The van der Waals surface area contributed by atoms with Gasteiger partial charge in [0.2, 0.25) is 0 Å². The Morgan fingerprint density at radius 2 is 0.972 bits per heavy atom. The van der Waals surface area contributed by atoms with Crippen LogP contribution in [0.4, 0.5) is 11.4 Å². The number of carbonyl (C=O) groups is 4. The average Bonchev–Trinajstić information content (AvgIpc) is 2.89. The van der Waals surface area contributed by atoms with Crippen LogP contribution < -0.4 is 10.6 Å². The molecule has 0 bridgehead atoms. The number of amides is 2. The van der Waals surface area contributed by atoms with Crippen LogP contribution in [0.1, 0.15) is 13.8 Å². The van der Waals surface area contributed by atoms with Gasteiger partial charge in [-0.3, -0.25) is 9.59 Å². The maximum Gasteiger partial charge on any atom is 0.397 e. The predicted octanol–water partition coefficient (Wildman–Crippen LogP) is 4.66. The number of nitrogens with one attached hydrogen (secondary N) is 2. The summed E-state index contributed by atoms with van der Waals surface area (Å²) in [7, 11) is 0. The lowest BCUT2D eigenvalue weighted by Crippen LogP contribution is -2.26. The Bertz CT molecular complexity index is 1380. The Morgan fingerprint density at radius 3 is 1.36 bits per heavy atom. The van der Waals surface area contributed by atoms with Gasteiger partial charge in [-0.15, -0.1) is 0 Å². The Kier molecular flexibility index (Phi) is 7.25. The monoisotopic (exact) mass is 484 g/mol. The largest absolute Gasteiger partial charge is 0.459 e. The first-order valence-electron chi connectivity index (χ1n) is 11.4. The van der Waals surface area contributed by atoms with Gasteiger partial charge in [-0.25, -0.2) is 9.59 Å². The SMILES string of the molecule is CCOC(=O)C(=O)Nc1ccc2ccccc2c1-c1c(NC(=O)C(=O)OCC)ccc2ccccc12. The molecular weight excluding hydrogens is 460 g/mol. The number of fused-ring (bicyclic) bond motifs is 2. The van der Waals surface area contributed by atoms with Crippen LogP contribution in [0.5, 0.6) is 0 Å². The lowest BCUT2D eigenvalue weighted by atomic mass is 9.91. The van der Waals surface area contributed by atoms with Crippen LogP contribution in [0.3, 0.4) is 0 Å². The van der Waals surface area contributed by atoms with Gasteiger partial charge < -0.3 is 20.1 Å². The molecule has 0 spiro atoms. The second-order valence-electron chi connectivity index (χ2n) is 7.77. The van der Waals surface area contributed by atoms with Gasteiger partial charge >= 0.3 is 23.8 Å². The first kappa shape index (κ1) is 24.4. The van der Waals surface area contributed by atoms with Gasteiger partial charge in [0.15, 0.2) is 0 Å². The van der Waals surface area contributed by atoms with Gasteiger partial charge in [0.1, 0.15) is 0 Å². The van der Waals surface area contributed by atoms with Crippen molar-refractivity contribution in [2.45, 2.75) is 13.8 Å². The molecular formula is C28H24N2O6. The third-order valence-electron chi connectivity index (χ3n) is 5.53. The standard InChI is InChI=1S/C28H24N2O6/c1-3-35-27(33)25(31)29-21-15-13-17-9-5-7-11-19(17)23(21)24-20-12-8-6-10-18(20)14-16-22(24)30-26(32)28(34)36-4-2/h5-16H,3-4H2,1-2H3,(H,29,31)(H,30,32). The van der Waals surface area contributed by atoms with E-state index < -0.39 is 23.8 Å². The van der Waals surface area contributed by atoms with Crippen LogP contribution in [0.15, 0.2) is 72.8 Å². The third kappa shape index (κ3) is 4.88. The molecule has 182 valence electrons. The van der Waals surface area contributed by atoms with E-state index in [0.29, 0.717) is 22.5 Å². The van der Waals surface area contributed by atoms with E-state index in [1.165, 1.54) is 0 Å². The van der Waals surface area contributed by atoms with Crippen LogP contribution in [-0.4, -0.2) is 37.0 Å². The number of hydrogen-bond donors (Lipinski definition) is 2. The summed E-state index contributed by atoms with van der Waals surface area (Å²) >= 11 is 0. The maximum atomic E-state index is 12.6. The molecule has 8 heteroatoms. The smallest absolute Gasteiger partial charge is 0.397 e. The summed E-state index contributed by atoms with van der Waals surface area (Å²) in [5.74, 6) is -3.87. The highest BCUT2D eigenvalue weighted by Crippen LogP contribution is 2.43. The summed E-state index contributed by atoms with van der Waals surface area (Å²) < 4.78 is 9.69. The zero-order valence-corrected chi connectivity index (χ0v) is 19.8. The number of anilines is 2. The lowest BCUT2D eigenvalue weighted by molar-refractivity contribution is -0.152. The van der Waals surface area contributed by atoms with Crippen LogP contribution in [0, 0.1) is 0 Å². The van der Waals surface area contributed by atoms with Gasteiger partial charge in [0, 0.05) is 22.5 Å². The molecule has 8 nitrogen and oxygen atoms in total. The molecule has 0 aliphatic heterocycles. The minimum absolute atomic E-state index is 0.0597. The number of rotatable bonds is 5.